The van der Waals surface area contributed by atoms with Crippen molar-refractivity contribution in [1.29, 1.82) is 0 Å². The molecule has 2 aliphatic carbocycles. The van der Waals surface area contributed by atoms with Crippen LogP contribution in [0.4, 0.5) is 4.39 Å². The summed E-state index contributed by atoms with van der Waals surface area (Å²) in [6.45, 7) is 4.62. The molecule has 2 aromatic rings. The molecular formula is C28H38FN. The molecule has 0 spiro atoms. The Hall–Kier alpha value is -1.70. The molecule has 30 heavy (non-hydrogen) atoms. The van der Waals surface area contributed by atoms with Crippen LogP contribution >= 0.6 is 0 Å². The lowest BCUT2D eigenvalue weighted by Crippen LogP contribution is -2.13. The molecule has 2 saturated carbocycles. The molecule has 0 atom stereocenters. The highest BCUT2D eigenvalue weighted by atomic mass is 19.1. The molecule has 0 amide bonds. The Morgan fingerprint density at radius 2 is 1.53 bits per heavy atom. The van der Waals surface area contributed by atoms with Crippen molar-refractivity contribution in [3.05, 3.63) is 53.5 Å². The normalized spacial score (nSPS) is 27.2. The molecule has 2 aliphatic rings. The van der Waals surface area contributed by atoms with Crippen molar-refractivity contribution in [2.75, 3.05) is 0 Å². The maximum Gasteiger partial charge on any atom is 0.132 e. The Labute approximate surface area is 182 Å². The third kappa shape index (κ3) is 5.13. The minimum Gasteiger partial charge on any atom is -0.256 e. The lowest BCUT2D eigenvalue weighted by molar-refractivity contribution is 0.304. The van der Waals surface area contributed by atoms with Gasteiger partial charge in [-0.3, -0.25) is 4.98 Å². The van der Waals surface area contributed by atoms with Gasteiger partial charge in [-0.2, -0.15) is 0 Å². The zero-order chi connectivity index (χ0) is 20.9. The summed E-state index contributed by atoms with van der Waals surface area (Å²) in [5.74, 6) is 2.78. The Bertz CT molecular complexity index is 796. The number of aromatic nitrogens is 1. The number of rotatable bonds is 6. The maximum atomic E-state index is 15.0. The van der Waals surface area contributed by atoms with Gasteiger partial charge in [0.25, 0.3) is 0 Å². The second kappa shape index (κ2) is 10.1. The van der Waals surface area contributed by atoms with Crippen molar-refractivity contribution in [1.82, 2.24) is 4.98 Å². The molecule has 2 fully saturated rings. The van der Waals surface area contributed by atoms with E-state index in [1.54, 1.807) is 6.07 Å². The van der Waals surface area contributed by atoms with Gasteiger partial charge in [0.1, 0.15) is 5.82 Å². The first-order chi connectivity index (χ1) is 14.6. The van der Waals surface area contributed by atoms with Crippen molar-refractivity contribution in [3.63, 3.8) is 0 Å². The molecule has 0 N–H and O–H groups in total. The van der Waals surface area contributed by atoms with Gasteiger partial charge in [-0.1, -0.05) is 58.1 Å². The minimum absolute atomic E-state index is 0.118. The van der Waals surface area contributed by atoms with E-state index < -0.39 is 0 Å². The van der Waals surface area contributed by atoms with Crippen LogP contribution < -0.4 is 0 Å². The van der Waals surface area contributed by atoms with E-state index in [0.717, 1.165) is 17.5 Å². The van der Waals surface area contributed by atoms with Crippen molar-refractivity contribution < 1.29 is 4.39 Å². The summed E-state index contributed by atoms with van der Waals surface area (Å²) in [7, 11) is 0. The Morgan fingerprint density at radius 1 is 0.867 bits per heavy atom. The van der Waals surface area contributed by atoms with E-state index in [4.69, 9.17) is 0 Å². The Kier molecular flexibility index (Phi) is 7.23. The van der Waals surface area contributed by atoms with Crippen LogP contribution in [-0.2, 0) is 0 Å². The molecule has 1 aromatic carbocycles. The number of pyridine rings is 1. The summed E-state index contributed by atoms with van der Waals surface area (Å²) in [5.41, 5.74) is 3.90. The predicted octanol–water partition coefficient (Wildman–Crippen LogP) is 8.65. The van der Waals surface area contributed by atoms with Crippen LogP contribution in [0.1, 0.15) is 107 Å². The van der Waals surface area contributed by atoms with Crippen LogP contribution in [0.15, 0.2) is 36.5 Å². The fraction of sp³-hybridized carbons (Fsp3) is 0.607. The third-order valence-corrected chi connectivity index (χ3v) is 7.83. The number of nitrogens with zero attached hydrogens (tertiary/aromatic N) is 1. The Balaban J connectivity index is 1.40. The van der Waals surface area contributed by atoms with Crippen LogP contribution in [0.25, 0.3) is 11.3 Å². The van der Waals surface area contributed by atoms with E-state index in [0.29, 0.717) is 17.4 Å². The summed E-state index contributed by atoms with van der Waals surface area (Å²) >= 11 is 0. The number of benzene rings is 1. The predicted molar refractivity (Wildman–Crippen MR) is 124 cm³/mol. The molecule has 1 heterocycles. The zero-order valence-corrected chi connectivity index (χ0v) is 18.9. The topological polar surface area (TPSA) is 12.9 Å². The van der Waals surface area contributed by atoms with Crippen molar-refractivity contribution in [3.8, 4) is 11.3 Å². The number of hydrogen-bond acceptors (Lipinski definition) is 1. The maximum absolute atomic E-state index is 15.0. The zero-order valence-electron chi connectivity index (χ0n) is 18.9. The van der Waals surface area contributed by atoms with Gasteiger partial charge in [-0.15, -0.1) is 0 Å². The van der Waals surface area contributed by atoms with Crippen LogP contribution in [-0.4, -0.2) is 4.98 Å². The highest BCUT2D eigenvalue weighted by molar-refractivity contribution is 5.60. The molecule has 4 rings (SSSR count). The van der Waals surface area contributed by atoms with Gasteiger partial charge in [-0.05, 0) is 91.5 Å². The second-order valence-corrected chi connectivity index (χ2v) is 10.0. The molecule has 0 radical (unpaired) electrons. The highest BCUT2D eigenvalue weighted by Crippen LogP contribution is 2.39. The van der Waals surface area contributed by atoms with Crippen molar-refractivity contribution in [2.45, 2.75) is 96.3 Å². The molecular weight excluding hydrogens is 369 g/mol. The number of unbranched alkanes of at least 4 members (excludes halogenated alkanes) is 1. The van der Waals surface area contributed by atoms with Gasteiger partial charge in [0.15, 0.2) is 0 Å². The van der Waals surface area contributed by atoms with Crippen LogP contribution in [0, 0.1) is 17.7 Å². The van der Waals surface area contributed by atoms with Gasteiger partial charge < -0.3 is 0 Å². The SMILES string of the molecule is CCCCC1CCC(c2ccc(-c3ccc(C4CCC(C)CC4)cn3)c(F)c2)CC1. The smallest absolute Gasteiger partial charge is 0.132 e. The quantitative estimate of drug-likeness (QED) is 0.467. The van der Waals surface area contributed by atoms with Crippen LogP contribution in [0.2, 0.25) is 0 Å². The van der Waals surface area contributed by atoms with Crippen molar-refractivity contribution >= 4 is 0 Å². The average Bonchev–Trinajstić information content (AvgIpc) is 2.79. The monoisotopic (exact) mass is 407 g/mol. The molecule has 1 nitrogen and oxygen atoms in total. The van der Waals surface area contributed by atoms with Gasteiger partial charge in [0, 0.05) is 11.8 Å². The van der Waals surface area contributed by atoms with Gasteiger partial charge in [-0.25, -0.2) is 4.39 Å². The second-order valence-electron chi connectivity index (χ2n) is 10.0. The fourth-order valence-electron chi connectivity index (χ4n) is 5.67. The largest absolute Gasteiger partial charge is 0.256 e. The summed E-state index contributed by atoms with van der Waals surface area (Å²) in [5, 5.41) is 0. The van der Waals surface area contributed by atoms with E-state index in [1.165, 1.54) is 81.8 Å². The number of hydrogen-bond donors (Lipinski definition) is 0. The van der Waals surface area contributed by atoms with Crippen molar-refractivity contribution in [2.24, 2.45) is 11.8 Å². The summed E-state index contributed by atoms with van der Waals surface area (Å²) in [4.78, 5) is 4.64. The van der Waals surface area contributed by atoms with Crippen LogP contribution in [0.3, 0.4) is 0 Å². The summed E-state index contributed by atoms with van der Waals surface area (Å²) in [6, 6.07) is 10.1. The van der Waals surface area contributed by atoms with E-state index in [-0.39, 0.29) is 5.82 Å². The van der Waals surface area contributed by atoms with Crippen LogP contribution in [0.5, 0.6) is 0 Å². The Morgan fingerprint density at radius 3 is 2.17 bits per heavy atom. The highest BCUT2D eigenvalue weighted by Gasteiger charge is 2.23. The molecule has 0 saturated heterocycles. The fourth-order valence-corrected chi connectivity index (χ4v) is 5.67. The lowest BCUT2D eigenvalue weighted by atomic mass is 9.77. The van der Waals surface area contributed by atoms with Gasteiger partial charge in [0.2, 0.25) is 0 Å². The molecule has 0 aliphatic heterocycles. The van der Waals surface area contributed by atoms with E-state index >= 15 is 0 Å². The first kappa shape index (κ1) is 21.5. The van der Waals surface area contributed by atoms with E-state index in [9.17, 15) is 4.39 Å². The first-order valence-corrected chi connectivity index (χ1v) is 12.4. The summed E-state index contributed by atoms with van der Waals surface area (Å²) in [6.07, 6.45) is 16.2. The minimum atomic E-state index is -0.118. The molecule has 0 unspecified atom stereocenters. The third-order valence-electron chi connectivity index (χ3n) is 7.83. The molecule has 1 aromatic heterocycles. The summed E-state index contributed by atoms with van der Waals surface area (Å²) < 4.78 is 15.0. The molecule has 162 valence electrons. The standard InChI is InChI=1S/C28H38FN/c1-3-4-5-21-8-12-22(13-9-21)24-14-16-26(27(29)18-24)28-17-15-25(19-30-28)23-10-6-20(2)7-11-23/h14-23H,3-13H2,1-2H3. The molecule has 0 bridgehead atoms. The van der Waals surface area contributed by atoms with E-state index in [1.807, 2.05) is 18.3 Å². The van der Waals surface area contributed by atoms with Gasteiger partial charge >= 0.3 is 0 Å². The first-order valence-electron chi connectivity index (χ1n) is 12.4. The number of halogens is 1. The molecule has 2 heteroatoms. The lowest BCUT2D eigenvalue weighted by Gasteiger charge is -2.29. The van der Waals surface area contributed by atoms with E-state index in [2.05, 4.69) is 31.0 Å². The van der Waals surface area contributed by atoms with Gasteiger partial charge in [0.05, 0.1) is 5.69 Å². The average molecular weight is 408 g/mol.